The summed E-state index contributed by atoms with van der Waals surface area (Å²) in [5.41, 5.74) is 4.63. The third-order valence-electron chi connectivity index (χ3n) is 3.67. The number of carbonyl (C=O) groups is 1. The number of hydrogen-bond acceptors (Lipinski definition) is 5. The molecule has 0 aromatic heterocycles. The zero-order valence-electron chi connectivity index (χ0n) is 11.6. The average Bonchev–Trinajstić information content (AvgIpc) is 2.48. The van der Waals surface area contributed by atoms with Crippen molar-refractivity contribution < 1.29 is 14.1 Å². The van der Waals surface area contributed by atoms with Crippen molar-refractivity contribution >= 4 is 17.3 Å². The molecule has 1 fully saturated rings. The van der Waals surface area contributed by atoms with E-state index in [0.29, 0.717) is 13.1 Å². The molecule has 1 aliphatic heterocycles. The Balaban J connectivity index is 2.33. The lowest BCUT2D eigenvalue weighted by Gasteiger charge is -2.32. The third kappa shape index (κ3) is 3.10. The molecule has 2 rings (SSSR count). The van der Waals surface area contributed by atoms with E-state index in [9.17, 15) is 19.3 Å². The monoisotopic (exact) mass is 296 g/mol. The van der Waals surface area contributed by atoms with E-state index in [1.807, 2.05) is 0 Å². The van der Waals surface area contributed by atoms with Crippen LogP contribution in [0.25, 0.3) is 0 Å². The largest absolute Gasteiger partial charge is 0.393 e. The summed E-state index contributed by atoms with van der Waals surface area (Å²) in [4.78, 5) is 24.0. The molecule has 1 atom stereocenters. The minimum Gasteiger partial charge on any atom is -0.393 e. The standard InChI is InChI=1S/C13H17FN4O3/c1-16-9-3-2-4-17(7-9)13(19)10-5-8(14)6-11(12(10)15)18(20)21/h5-6,9,16H,2-4,7,15H2,1H3. The van der Waals surface area contributed by atoms with Crippen LogP contribution in [0.3, 0.4) is 0 Å². The van der Waals surface area contributed by atoms with Gasteiger partial charge in [-0.1, -0.05) is 0 Å². The van der Waals surface area contributed by atoms with Crippen LogP contribution in [-0.4, -0.2) is 41.9 Å². The van der Waals surface area contributed by atoms with Gasteiger partial charge in [0.25, 0.3) is 11.6 Å². The summed E-state index contributed by atoms with van der Waals surface area (Å²) in [5, 5.41) is 13.9. The lowest BCUT2D eigenvalue weighted by Crippen LogP contribution is -2.47. The topological polar surface area (TPSA) is 102 Å². The Morgan fingerprint density at radius 2 is 2.29 bits per heavy atom. The second-order valence-electron chi connectivity index (χ2n) is 5.02. The van der Waals surface area contributed by atoms with Crippen LogP contribution in [0.4, 0.5) is 15.8 Å². The van der Waals surface area contributed by atoms with Gasteiger partial charge in [0.2, 0.25) is 0 Å². The van der Waals surface area contributed by atoms with E-state index in [2.05, 4.69) is 5.32 Å². The molecule has 0 bridgehead atoms. The number of halogens is 1. The number of amides is 1. The molecule has 114 valence electrons. The zero-order chi connectivity index (χ0) is 15.6. The quantitative estimate of drug-likeness (QED) is 0.495. The van der Waals surface area contributed by atoms with Crippen molar-refractivity contribution in [2.24, 2.45) is 0 Å². The van der Waals surface area contributed by atoms with Crippen LogP contribution >= 0.6 is 0 Å². The van der Waals surface area contributed by atoms with Crippen molar-refractivity contribution in [3.8, 4) is 0 Å². The molecule has 1 aromatic carbocycles. The van der Waals surface area contributed by atoms with Gasteiger partial charge in [-0.15, -0.1) is 0 Å². The molecule has 1 saturated heterocycles. The number of nitro benzene ring substituents is 1. The van der Waals surface area contributed by atoms with E-state index in [-0.39, 0.29) is 17.3 Å². The van der Waals surface area contributed by atoms with E-state index in [1.54, 1.807) is 11.9 Å². The Kier molecular flexibility index (Phi) is 4.37. The summed E-state index contributed by atoms with van der Waals surface area (Å²) in [6.45, 7) is 1.000. The number of carbonyl (C=O) groups excluding carboxylic acids is 1. The Morgan fingerprint density at radius 3 is 2.90 bits per heavy atom. The number of nitrogen functional groups attached to an aromatic ring is 1. The Hall–Kier alpha value is -2.22. The SMILES string of the molecule is CNC1CCCN(C(=O)c2cc(F)cc([N+](=O)[O-])c2N)C1. The summed E-state index contributed by atoms with van der Waals surface area (Å²) >= 11 is 0. The molecular formula is C13H17FN4O3. The van der Waals surface area contributed by atoms with Gasteiger partial charge < -0.3 is 16.0 Å². The molecule has 8 heteroatoms. The number of likely N-dealkylation sites (N-methyl/N-ethyl adjacent to an activating group) is 1. The van der Waals surface area contributed by atoms with Crippen LogP contribution in [0, 0.1) is 15.9 Å². The molecule has 21 heavy (non-hydrogen) atoms. The van der Waals surface area contributed by atoms with Gasteiger partial charge in [-0.3, -0.25) is 14.9 Å². The number of nitrogens with one attached hydrogen (secondary N) is 1. The van der Waals surface area contributed by atoms with Gasteiger partial charge in [0, 0.05) is 19.1 Å². The number of benzene rings is 1. The molecule has 0 spiro atoms. The van der Waals surface area contributed by atoms with Crippen LogP contribution < -0.4 is 11.1 Å². The number of nitro groups is 1. The smallest absolute Gasteiger partial charge is 0.295 e. The maximum absolute atomic E-state index is 13.5. The van der Waals surface area contributed by atoms with Crippen LogP contribution in [0.15, 0.2) is 12.1 Å². The Morgan fingerprint density at radius 1 is 1.57 bits per heavy atom. The fourth-order valence-corrected chi connectivity index (χ4v) is 2.50. The lowest BCUT2D eigenvalue weighted by atomic mass is 10.0. The molecule has 0 radical (unpaired) electrons. The first-order valence-electron chi connectivity index (χ1n) is 6.64. The predicted octanol–water partition coefficient (Wildman–Crippen LogP) is 1.14. The Bertz CT molecular complexity index is 579. The number of nitrogens with two attached hydrogens (primary N) is 1. The normalized spacial score (nSPS) is 18.6. The minimum atomic E-state index is -0.846. The number of piperidine rings is 1. The average molecular weight is 296 g/mol. The van der Waals surface area contributed by atoms with Gasteiger partial charge in [0.1, 0.15) is 11.5 Å². The molecule has 7 nitrogen and oxygen atoms in total. The lowest BCUT2D eigenvalue weighted by molar-refractivity contribution is -0.384. The summed E-state index contributed by atoms with van der Waals surface area (Å²) in [6.07, 6.45) is 1.76. The Labute approximate surface area is 121 Å². The molecule has 1 aliphatic rings. The first kappa shape index (κ1) is 15.2. The minimum absolute atomic E-state index is 0.154. The summed E-state index contributed by atoms with van der Waals surface area (Å²) < 4.78 is 13.5. The highest BCUT2D eigenvalue weighted by molar-refractivity contribution is 6.01. The van der Waals surface area contributed by atoms with Crippen molar-refractivity contribution in [2.45, 2.75) is 18.9 Å². The van der Waals surface area contributed by atoms with Gasteiger partial charge in [-0.05, 0) is 26.0 Å². The summed E-state index contributed by atoms with van der Waals surface area (Å²) in [6, 6.07) is 1.83. The molecule has 0 aliphatic carbocycles. The highest BCUT2D eigenvalue weighted by Gasteiger charge is 2.28. The van der Waals surface area contributed by atoms with Crippen molar-refractivity contribution in [1.29, 1.82) is 0 Å². The van der Waals surface area contributed by atoms with Crippen LogP contribution in [0.5, 0.6) is 0 Å². The van der Waals surface area contributed by atoms with Crippen molar-refractivity contribution in [2.75, 3.05) is 25.9 Å². The number of rotatable bonds is 3. The van der Waals surface area contributed by atoms with Crippen molar-refractivity contribution in [1.82, 2.24) is 10.2 Å². The number of anilines is 1. The van der Waals surface area contributed by atoms with Crippen molar-refractivity contribution in [3.05, 3.63) is 33.6 Å². The molecule has 3 N–H and O–H groups in total. The van der Waals surface area contributed by atoms with Crippen LogP contribution in [0.1, 0.15) is 23.2 Å². The van der Waals surface area contributed by atoms with E-state index < -0.39 is 22.3 Å². The maximum atomic E-state index is 13.5. The number of nitrogens with zero attached hydrogens (tertiary/aromatic N) is 2. The first-order chi connectivity index (χ1) is 9.93. The van der Waals surface area contributed by atoms with Gasteiger partial charge in [-0.25, -0.2) is 4.39 Å². The highest BCUT2D eigenvalue weighted by Crippen LogP contribution is 2.28. The summed E-state index contributed by atoms with van der Waals surface area (Å²) in [7, 11) is 1.81. The van der Waals surface area contributed by atoms with Gasteiger partial charge in [-0.2, -0.15) is 0 Å². The molecule has 1 heterocycles. The third-order valence-corrected chi connectivity index (χ3v) is 3.67. The van der Waals surface area contributed by atoms with Crippen LogP contribution in [-0.2, 0) is 0 Å². The first-order valence-corrected chi connectivity index (χ1v) is 6.64. The maximum Gasteiger partial charge on any atom is 0.295 e. The van der Waals surface area contributed by atoms with Crippen LogP contribution in [0.2, 0.25) is 0 Å². The van der Waals surface area contributed by atoms with E-state index in [4.69, 9.17) is 5.73 Å². The van der Waals surface area contributed by atoms with Gasteiger partial charge in [0.05, 0.1) is 16.6 Å². The van der Waals surface area contributed by atoms with E-state index in [1.165, 1.54) is 0 Å². The van der Waals surface area contributed by atoms with Crippen molar-refractivity contribution in [3.63, 3.8) is 0 Å². The summed E-state index contributed by atoms with van der Waals surface area (Å²) in [5.74, 6) is -1.32. The van der Waals surface area contributed by atoms with Gasteiger partial charge in [0.15, 0.2) is 0 Å². The predicted molar refractivity (Wildman–Crippen MR) is 75.5 cm³/mol. The fraction of sp³-hybridized carbons (Fsp3) is 0.462. The fourth-order valence-electron chi connectivity index (χ4n) is 2.50. The van der Waals surface area contributed by atoms with Gasteiger partial charge >= 0.3 is 0 Å². The molecule has 1 aromatic rings. The second-order valence-corrected chi connectivity index (χ2v) is 5.02. The number of likely N-dealkylation sites (tertiary alicyclic amines) is 1. The molecule has 1 unspecified atom stereocenters. The van der Waals surface area contributed by atoms with E-state index >= 15 is 0 Å². The second kappa shape index (κ2) is 6.04. The molecule has 0 saturated carbocycles. The zero-order valence-corrected chi connectivity index (χ0v) is 11.6. The molecular weight excluding hydrogens is 279 g/mol. The molecule has 1 amide bonds. The van der Waals surface area contributed by atoms with E-state index in [0.717, 1.165) is 25.0 Å². The highest BCUT2D eigenvalue weighted by atomic mass is 19.1. The number of hydrogen-bond donors (Lipinski definition) is 2.